The Balaban J connectivity index is 1.89. The molecule has 0 saturated carbocycles. The molecular weight excluding hydrogens is 352 g/mol. The number of carbonyl (C=O) groups excluding carboxylic acids is 1. The number of nitrogens with one attached hydrogen (secondary N) is 2. The monoisotopic (exact) mass is 370 g/mol. The van der Waals surface area contributed by atoms with E-state index in [1.165, 1.54) is 0 Å². The second kappa shape index (κ2) is 7.93. The molecule has 0 aliphatic heterocycles. The van der Waals surface area contributed by atoms with Gasteiger partial charge < -0.3 is 19.9 Å². The van der Waals surface area contributed by atoms with Crippen LogP contribution in [0.25, 0.3) is 0 Å². The van der Waals surface area contributed by atoms with Gasteiger partial charge in [0.15, 0.2) is 0 Å². The Morgan fingerprint density at radius 1 is 1.23 bits per heavy atom. The number of imidazole rings is 1. The molecule has 1 aromatic heterocycles. The molecule has 2 amide bonds. The van der Waals surface area contributed by atoms with Gasteiger partial charge in [-0.2, -0.15) is 0 Å². The lowest BCUT2D eigenvalue weighted by atomic mass is 10.0. The number of nitrogens with zero attached hydrogens (tertiary/aromatic N) is 2. The van der Waals surface area contributed by atoms with Gasteiger partial charge in [0.2, 0.25) is 0 Å². The maximum absolute atomic E-state index is 12.6. The van der Waals surface area contributed by atoms with Gasteiger partial charge in [-0.3, -0.25) is 0 Å². The van der Waals surface area contributed by atoms with E-state index in [1.807, 2.05) is 42.1 Å². The van der Waals surface area contributed by atoms with Gasteiger partial charge in [-0.05, 0) is 24.3 Å². The average Bonchev–Trinajstić information content (AvgIpc) is 3.05. The van der Waals surface area contributed by atoms with E-state index in [9.17, 15) is 4.79 Å². The van der Waals surface area contributed by atoms with Crippen LogP contribution in [0.1, 0.15) is 17.4 Å². The van der Waals surface area contributed by atoms with Crippen LogP contribution in [0.2, 0.25) is 5.02 Å². The molecule has 2 aromatic carbocycles. The van der Waals surface area contributed by atoms with Crippen LogP contribution in [-0.2, 0) is 7.05 Å². The normalized spacial score (nSPS) is 11.7. The highest BCUT2D eigenvalue weighted by Crippen LogP contribution is 2.29. The number of urea groups is 1. The van der Waals surface area contributed by atoms with E-state index in [0.717, 1.165) is 5.56 Å². The summed E-state index contributed by atoms with van der Waals surface area (Å²) in [5.74, 6) is 1.36. The van der Waals surface area contributed by atoms with E-state index in [-0.39, 0.29) is 6.03 Å². The summed E-state index contributed by atoms with van der Waals surface area (Å²) >= 11 is 5.97. The SMILES string of the molecule is COc1ccccc1[C@H](NC(=O)Nc1cccc(Cl)c1)c1nccn1C. The van der Waals surface area contributed by atoms with Gasteiger partial charge in [0.05, 0.1) is 7.11 Å². The van der Waals surface area contributed by atoms with Gasteiger partial charge in [0.1, 0.15) is 17.6 Å². The summed E-state index contributed by atoms with van der Waals surface area (Å²) in [5.41, 5.74) is 1.42. The van der Waals surface area contributed by atoms with Gasteiger partial charge in [-0.15, -0.1) is 0 Å². The minimum absolute atomic E-state index is 0.369. The second-order valence-corrected chi connectivity index (χ2v) is 6.12. The number of aromatic nitrogens is 2. The van der Waals surface area contributed by atoms with Crippen molar-refractivity contribution in [1.82, 2.24) is 14.9 Å². The Morgan fingerprint density at radius 3 is 2.73 bits per heavy atom. The van der Waals surface area contributed by atoms with Crippen molar-refractivity contribution >= 4 is 23.3 Å². The van der Waals surface area contributed by atoms with E-state index in [0.29, 0.717) is 22.3 Å². The average molecular weight is 371 g/mol. The number of para-hydroxylation sites is 1. The van der Waals surface area contributed by atoms with Crippen molar-refractivity contribution < 1.29 is 9.53 Å². The zero-order valence-electron chi connectivity index (χ0n) is 14.4. The molecule has 7 heteroatoms. The Bertz CT molecular complexity index is 910. The number of ether oxygens (including phenoxy) is 1. The lowest BCUT2D eigenvalue weighted by molar-refractivity contribution is 0.249. The Hall–Kier alpha value is -2.99. The van der Waals surface area contributed by atoms with Crippen molar-refractivity contribution in [2.45, 2.75) is 6.04 Å². The lowest BCUT2D eigenvalue weighted by Crippen LogP contribution is -2.34. The number of hydrogen-bond acceptors (Lipinski definition) is 3. The minimum atomic E-state index is -0.481. The number of benzene rings is 2. The topological polar surface area (TPSA) is 68.2 Å². The fourth-order valence-electron chi connectivity index (χ4n) is 2.71. The molecule has 1 atom stereocenters. The van der Waals surface area contributed by atoms with Gasteiger partial charge in [0, 0.05) is 35.7 Å². The zero-order chi connectivity index (χ0) is 18.5. The smallest absolute Gasteiger partial charge is 0.320 e. The molecule has 0 spiro atoms. The number of rotatable bonds is 5. The first-order valence-corrected chi connectivity index (χ1v) is 8.39. The van der Waals surface area contributed by atoms with Gasteiger partial charge >= 0.3 is 6.03 Å². The minimum Gasteiger partial charge on any atom is -0.496 e. The molecule has 0 aliphatic carbocycles. The van der Waals surface area contributed by atoms with Crippen molar-refractivity contribution in [2.75, 3.05) is 12.4 Å². The fraction of sp³-hybridized carbons (Fsp3) is 0.158. The number of hydrogen-bond donors (Lipinski definition) is 2. The Labute approximate surface area is 156 Å². The number of carbonyl (C=O) groups is 1. The Kier molecular flexibility index (Phi) is 5.43. The molecule has 6 nitrogen and oxygen atoms in total. The predicted molar refractivity (Wildman–Crippen MR) is 102 cm³/mol. The second-order valence-electron chi connectivity index (χ2n) is 5.68. The highest BCUT2D eigenvalue weighted by atomic mass is 35.5. The van der Waals surface area contributed by atoms with Crippen LogP contribution in [-0.4, -0.2) is 22.7 Å². The summed E-state index contributed by atoms with van der Waals surface area (Å²) in [5, 5.41) is 6.30. The van der Waals surface area contributed by atoms with Crippen molar-refractivity contribution in [1.29, 1.82) is 0 Å². The summed E-state index contributed by atoms with van der Waals surface area (Å²) < 4.78 is 7.31. The lowest BCUT2D eigenvalue weighted by Gasteiger charge is -2.21. The molecule has 0 fully saturated rings. The van der Waals surface area contributed by atoms with Crippen molar-refractivity contribution in [2.24, 2.45) is 7.05 Å². The third-order valence-corrected chi connectivity index (χ3v) is 4.16. The largest absolute Gasteiger partial charge is 0.496 e. The molecule has 3 aromatic rings. The highest BCUT2D eigenvalue weighted by molar-refractivity contribution is 6.30. The first kappa shape index (κ1) is 17.8. The molecule has 0 unspecified atom stereocenters. The molecule has 3 rings (SSSR count). The molecule has 2 N–H and O–H groups in total. The Morgan fingerprint density at radius 2 is 2.04 bits per heavy atom. The van der Waals surface area contributed by atoms with E-state index in [1.54, 1.807) is 37.6 Å². The van der Waals surface area contributed by atoms with E-state index in [2.05, 4.69) is 15.6 Å². The molecule has 1 heterocycles. The first-order valence-electron chi connectivity index (χ1n) is 8.01. The van der Waals surface area contributed by atoms with Crippen LogP contribution in [0.3, 0.4) is 0 Å². The number of anilines is 1. The molecule has 134 valence electrons. The predicted octanol–water partition coefficient (Wildman–Crippen LogP) is 3.99. The van der Waals surface area contributed by atoms with Crippen LogP contribution in [0.5, 0.6) is 5.75 Å². The van der Waals surface area contributed by atoms with Crippen LogP contribution >= 0.6 is 11.6 Å². The van der Waals surface area contributed by atoms with Gasteiger partial charge in [-0.25, -0.2) is 9.78 Å². The summed E-state index contributed by atoms with van der Waals surface area (Å²) in [7, 11) is 3.47. The third-order valence-electron chi connectivity index (χ3n) is 3.92. The van der Waals surface area contributed by atoms with E-state index < -0.39 is 6.04 Å². The number of methoxy groups -OCH3 is 1. The van der Waals surface area contributed by atoms with Crippen LogP contribution in [0.15, 0.2) is 60.9 Å². The van der Waals surface area contributed by atoms with Gasteiger partial charge in [-0.1, -0.05) is 35.9 Å². The maximum Gasteiger partial charge on any atom is 0.320 e. The van der Waals surface area contributed by atoms with Crippen LogP contribution in [0.4, 0.5) is 10.5 Å². The van der Waals surface area contributed by atoms with Gasteiger partial charge in [0.25, 0.3) is 0 Å². The summed E-state index contributed by atoms with van der Waals surface area (Å²) in [4.78, 5) is 17.0. The molecule has 0 aliphatic rings. The highest BCUT2D eigenvalue weighted by Gasteiger charge is 2.23. The standard InChI is InChI=1S/C19H19ClN4O2/c1-24-11-10-21-18(24)17(15-8-3-4-9-16(15)26-2)23-19(25)22-14-7-5-6-13(20)12-14/h3-12,17H,1-2H3,(H2,22,23,25)/t17-/m0/s1. The van der Waals surface area contributed by atoms with Crippen LogP contribution in [0, 0.1) is 0 Å². The first-order chi connectivity index (χ1) is 12.6. The van der Waals surface area contributed by atoms with E-state index >= 15 is 0 Å². The number of aryl methyl sites for hydroxylation is 1. The number of halogens is 1. The third kappa shape index (κ3) is 3.97. The fourth-order valence-corrected chi connectivity index (χ4v) is 2.90. The number of amides is 2. The van der Waals surface area contributed by atoms with Crippen molar-refractivity contribution in [3.8, 4) is 5.75 Å². The quantitative estimate of drug-likeness (QED) is 0.713. The van der Waals surface area contributed by atoms with E-state index in [4.69, 9.17) is 16.3 Å². The summed E-state index contributed by atoms with van der Waals surface area (Å²) in [6.07, 6.45) is 3.52. The van der Waals surface area contributed by atoms with Crippen molar-refractivity contribution in [3.63, 3.8) is 0 Å². The summed E-state index contributed by atoms with van der Waals surface area (Å²) in [6.45, 7) is 0. The maximum atomic E-state index is 12.6. The zero-order valence-corrected chi connectivity index (χ0v) is 15.2. The molecule has 0 saturated heterocycles. The molecule has 0 bridgehead atoms. The van der Waals surface area contributed by atoms with Crippen LogP contribution < -0.4 is 15.4 Å². The molecular formula is C19H19ClN4O2. The summed E-state index contributed by atoms with van der Waals surface area (Å²) in [6, 6.07) is 13.6. The molecule has 0 radical (unpaired) electrons. The van der Waals surface area contributed by atoms with Crippen molar-refractivity contribution in [3.05, 3.63) is 77.3 Å². The molecule has 26 heavy (non-hydrogen) atoms.